The lowest BCUT2D eigenvalue weighted by molar-refractivity contribution is -0.136. The summed E-state index contributed by atoms with van der Waals surface area (Å²) in [5.74, 6) is 2.69. The quantitative estimate of drug-likeness (QED) is 0.555. The second-order valence-electron chi connectivity index (χ2n) is 8.26. The van der Waals surface area contributed by atoms with Crippen molar-refractivity contribution >= 4 is 40.6 Å². The van der Waals surface area contributed by atoms with Crippen LogP contribution >= 0.6 is 0 Å². The van der Waals surface area contributed by atoms with Crippen molar-refractivity contribution in [3.8, 4) is 12.0 Å². The Morgan fingerprint density at radius 3 is 2.94 bits per heavy atom. The monoisotopic (exact) mass is 458 g/mol. The Balaban J connectivity index is 1.26. The number of rotatable bonds is 6. The van der Waals surface area contributed by atoms with Crippen molar-refractivity contribution in [2.45, 2.75) is 31.7 Å². The normalized spacial score (nSPS) is 17.0. The number of nitrogens with zero attached hydrogens (tertiary/aromatic N) is 4. The molecule has 2 aliphatic rings. The van der Waals surface area contributed by atoms with Crippen LogP contribution in [0.5, 0.6) is 0 Å². The average molecular weight is 458 g/mol. The summed E-state index contributed by atoms with van der Waals surface area (Å²) in [6.07, 6.45) is 3.55. The summed E-state index contributed by atoms with van der Waals surface area (Å²) in [5, 5.41) is 2.82. The molecular weight excluding hydrogens is 435 g/mol. The molecule has 3 heterocycles. The first-order chi connectivity index (χ1) is 16.6. The summed E-state index contributed by atoms with van der Waals surface area (Å²) in [7, 11) is 0. The van der Waals surface area contributed by atoms with Gasteiger partial charge in [0.15, 0.2) is 0 Å². The van der Waals surface area contributed by atoms with E-state index in [1.54, 1.807) is 22.2 Å². The first-order valence-electron chi connectivity index (χ1n) is 11.2. The van der Waals surface area contributed by atoms with E-state index in [9.17, 15) is 14.0 Å². The predicted molar refractivity (Wildman–Crippen MR) is 128 cm³/mol. The molecule has 172 valence electrons. The van der Waals surface area contributed by atoms with Crippen molar-refractivity contribution in [3.63, 3.8) is 0 Å². The SMILES string of the molecule is O=C(Nc1cc(F)ccc1N1C=NC#CC1)[C@@H]1CCCN1C(=O)CCc1nc2ccccc2[nH]1. The standard InChI is InChI=1S/C25H23FN6O2/c26-17-8-9-21(31-13-4-12-27-16-31)20(15-17)30-25(34)22-7-3-14-32(22)24(33)11-10-23-28-18-5-1-2-6-19(18)29-23/h1-2,5-6,8-9,15-16,22H,3,7,10-11,13-14H2,(H,28,29)(H,30,34)/t22-/m0/s1. The fourth-order valence-electron chi connectivity index (χ4n) is 4.36. The number of imidazole rings is 1. The molecule has 1 aromatic heterocycles. The number of H-pyrrole nitrogens is 1. The molecule has 0 radical (unpaired) electrons. The van der Waals surface area contributed by atoms with Gasteiger partial charge in [0.2, 0.25) is 11.8 Å². The van der Waals surface area contributed by atoms with Crippen LogP contribution in [0.2, 0.25) is 0 Å². The van der Waals surface area contributed by atoms with Gasteiger partial charge in [-0.15, -0.1) is 0 Å². The Morgan fingerprint density at radius 2 is 2.12 bits per heavy atom. The van der Waals surface area contributed by atoms with E-state index < -0.39 is 11.9 Å². The third-order valence-electron chi connectivity index (χ3n) is 6.01. The van der Waals surface area contributed by atoms with E-state index >= 15 is 0 Å². The van der Waals surface area contributed by atoms with E-state index in [-0.39, 0.29) is 18.2 Å². The van der Waals surface area contributed by atoms with Crippen LogP contribution in [0.1, 0.15) is 25.1 Å². The van der Waals surface area contributed by atoms with E-state index in [1.807, 2.05) is 24.3 Å². The summed E-state index contributed by atoms with van der Waals surface area (Å²) in [6.45, 7) is 0.898. The maximum Gasteiger partial charge on any atom is 0.247 e. The van der Waals surface area contributed by atoms with E-state index in [2.05, 4.69) is 32.2 Å². The maximum absolute atomic E-state index is 14.0. The number of benzene rings is 2. The fourth-order valence-corrected chi connectivity index (χ4v) is 4.36. The van der Waals surface area contributed by atoms with Crippen molar-refractivity contribution in [1.29, 1.82) is 0 Å². The van der Waals surface area contributed by atoms with Gasteiger partial charge in [-0.25, -0.2) is 9.37 Å². The molecule has 5 rings (SSSR count). The summed E-state index contributed by atoms with van der Waals surface area (Å²) >= 11 is 0. The highest BCUT2D eigenvalue weighted by atomic mass is 19.1. The van der Waals surface area contributed by atoms with Crippen LogP contribution in [0.15, 0.2) is 47.5 Å². The zero-order valence-electron chi connectivity index (χ0n) is 18.4. The smallest absolute Gasteiger partial charge is 0.247 e. The number of carbonyl (C=O) groups excluding carboxylic acids is 2. The van der Waals surface area contributed by atoms with E-state index in [4.69, 9.17) is 0 Å². The molecular formula is C25H23FN6O2. The number of aromatic nitrogens is 2. The summed E-state index contributed by atoms with van der Waals surface area (Å²) in [5.41, 5.74) is 2.70. The number of carbonyl (C=O) groups is 2. The number of hydrogen-bond donors (Lipinski definition) is 2. The van der Waals surface area contributed by atoms with Crippen molar-refractivity contribution < 1.29 is 14.0 Å². The summed E-state index contributed by atoms with van der Waals surface area (Å²) in [6, 6.07) is 13.9. The number of aryl methyl sites for hydroxylation is 1. The van der Waals surface area contributed by atoms with E-state index in [1.165, 1.54) is 12.1 Å². The lowest BCUT2D eigenvalue weighted by Gasteiger charge is -2.26. The highest BCUT2D eigenvalue weighted by Gasteiger charge is 2.34. The average Bonchev–Trinajstić information content (AvgIpc) is 3.50. The van der Waals surface area contributed by atoms with Crippen LogP contribution in [0.4, 0.5) is 15.8 Å². The van der Waals surface area contributed by atoms with Crippen LogP contribution in [0, 0.1) is 17.8 Å². The summed E-state index contributed by atoms with van der Waals surface area (Å²) in [4.78, 5) is 41.1. The molecule has 0 aliphatic carbocycles. The number of halogens is 1. The highest BCUT2D eigenvalue weighted by molar-refractivity contribution is 6.01. The zero-order valence-corrected chi connectivity index (χ0v) is 18.4. The Bertz CT molecular complexity index is 1300. The Hall–Kier alpha value is -4.19. The molecule has 0 saturated carbocycles. The molecule has 2 aromatic carbocycles. The number of aromatic amines is 1. The van der Waals surface area contributed by atoms with Crippen LogP contribution < -0.4 is 10.2 Å². The van der Waals surface area contributed by atoms with Crippen LogP contribution in [0.3, 0.4) is 0 Å². The number of fused-ring (bicyclic) bond motifs is 1. The molecule has 1 fully saturated rings. The molecule has 0 bridgehead atoms. The number of para-hydroxylation sites is 2. The minimum Gasteiger partial charge on any atom is -0.342 e. The largest absolute Gasteiger partial charge is 0.342 e. The molecule has 8 nitrogen and oxygen atoms in total. The lowest BCUT2D eigenvalue weighted by Crippen LogP contribution is -2.43. The maximum atomic E-state index is 14.0. The summed E-state index contributed by atoms with van der Waals surface area (Å²) < 4.78 is 14.0. The van der Waals surface area contributed by atoms with Crippen molar-refractivity contribution in [2.75, 3.05) is 23.3 Å². The number of hydrogen-bond acceptors (Lipinski definition) is 5. The molecule has 2 amide bonds. The molecule has 2 N–H and O–H groups in total. The second kappa shape index (κ2) is 9.35. The van der Waals surface area contributed by atoms with E-state index in [0.29, 0.717) is 37.3 Å². The molecule has 9 heteroatoms. The van der Waals surface area contributed by atoms with Crippen LogP contribution in [0.25, 0.3) is 11.0 Å². The van der Waals surface area contributed by atoms with Gasteiger partial charge in [0.25, 0.3) is 0 Å². The first kappa shape index (κ1) is 21.6. The molecule has 34 heavy (non-hydrogen) atoms. The van der Waals surface area contributed by atoms with Gasteiger partial charge in [0.1, 0.15) is 24.0 Å². The van der Waals surface area contributed by atoms with Gasteiger partial charge in [-0.05, 0) is 43.2 Å². The Kier molecular flexibility index (Phi) is 5.95. The van der Waals surface area contributed by atoms with Crippen molar-refractivity contribution in [2.24, 2.45) is 4.99 Å². The van der Waals surface area contributed by atoms with Gasteiger partial charge in [0, 0.05) is 25.4 Å². The molecule has 1 atom stereocenters. The van der Waals surface area contributed by atoms with Gasteiger partial charge >= 0.3 is 0 Å². The topological polar surface area (TPSA) is 93.7 Å². The third-order valence-corrected chi connectivity index (χ3v) is 6.01. The molecule has 0 unspecified atom stereocenters. The second-order valence-corrected chi connectivity index (χ2v) is 8.26. The fraction of sp³-hybridized carbons (Fsp3) is 0.280. The number of anilines is 2. The minimum atomic E-state index is -0.603. The molecule has 3 aromatic rings. The van der Waals surface area contributed by atoms with Gasteiger partial charge < -0.3 is 20.1 Å². The minimum absolute atomic E-state index is 0.101. The number of amides is 2. The zero-order chi connectivity index (χ0) is 23.5. The van der Waals surface area contributed by atoms with Gasteiger partial charge in [0.05, 0.1) is 29.0 Å². The van der Waals surface area contributed by atoms with Gasteiger partial charge in [-0.2, -0.15) is 4.99 Å². The van der Waals surface area contributed by atoms with Crippen molar-refractivity contribution in [3.05, 3.63) is 54.1 Å². The molecule has 0 spiro atoms. The number of nitrogens with one attached hydrogen (secondary N) is 2. The highest BCUT2D eigenvalue weighted by Crippen LogP contribution is 2.28. The van der Waals surface area contributed by atoms with Crippen LogP contribution in [-0.2, 0) is 16.0 Å². The molecule has 1 saturated heterocycles. The molecule has 2 aliphatic heterocycles. The number of aliphatic imine (C=N–C) groups is 1. The van der Waals surface area contributed by atoms with Crippen LogP contribution in [-0.4, -0.2) is 52.2 Å². The van der Waals surface area contributed by atoms with E-state index in [0.717, 1.165) is 23.3 Å². The van der Waals surface area contributed by atoms with Gasteiger partial charge in [-0.1, -0.05) is 18.1 Å². The first-order valence-corrected chi connectivity index (χ1v) is 11.2. The number of likely N-dealkylation sites (tertiary alicyclic amines) is 1. The van der Waals surface area contributed by atoms with Gasteiger partial charge in [-0.3, -0.25) is 9.59 Å². The predicted octanol–water partition coefficient (Wildman–Crippen LogP) is 3.07. The van der Waals surface area contributed by atoms with Crippen molar-refractivity contribution in [1.82, 2.24) is 14.9 Å². The third kappa shape index (κ3) is 4.48. The Labute approximate surface area is 195 Å². The lowest BCUT2D eigenvalue weighted by atomic mass is 10.1. The Morgan fingerprint density at radius 1 is 1.24 bits per heavy atom.